The topological polar surface area (TPSA) is 43.8 Å². The molecule has 0 amide bonds. The van der Waals surface area contributed by atoms with Gasteiger partial charge in [-0.05, 0) is 51.9 Å². The molecule has 1 aliphatic heterocycles. The molecule has 0 aliphatic carbocycles. The Labute approximate surface area is 117 Å². The van der Waals surface area contributed by atoms with Gasteiger partial charge in [-0.1, -0.05) is 13.8 Å². The molecule has 5 heteroatoms. The largest absolute Gasteiger partial charge is 0.480 e. The zero-order valence-electron chi connectivity index (χ0n) is 11.8. The van der Waals surface area contributed by atoms with Gasteiger partial charge in [0.25, 0.3) is 0 Å². The van der Waals surface area contributed by atoms with E-state index in [9.17, 15) is 4.79 Å². The lowest BCUT2D eigenvalue weighted by molar-refractivity contribution is -0.138. The average Bonchev–Trinajstić information content (AvgIpc) is 2.26. The van der Waals surface area contributed by atoms with Crippen molar-refractivity contribution in [3.8, 4) is 0 Å². The van der Waals surface area contributed by atoms with Crippen molar-refractivity contribution >= 4 is 18.4 Å². The van der Waals surface area contributed by atoms with E-state index in [4.69, 9.17) is 5.11 Å². The summed E-state index contributed by atoms with van der Waals surface area (Å²) in [6.07, 6.45) is 3.46. The molecule has 4 nitrogen and oxygen atoms in total. The zero-order valence-corrected chi connectivity index (χ0v) is 12.6. The second-order valence-corrected chi connectivity index (χ2v) is 5.56. The molecular weight excluding hydrogens is 252 g/mol. The molecule has 18 heavy (non-hydrogen) atoms. The minimum atomic E-state index is -0.727. The molecule has 0 atom stereocenters. The summed E-state index contributed by atoms with van der Waals surface area (Å²) in [6.45, 7) is 8.09. The van der Waals surface area contributed by atoms with E-state index in [1.165, 1.54) is 13.0 Å². The van der Waals surface area contributed by atoms with Crippen molar-refractivity contribution in [2.24, 2.45) is 5.92 Å². The number of hydrogen-bond donors (Lipinski definition) is 1. The molecule has 0 unspecified atom stereocenters. The van der Waals surface area contributed by atoms with Gasteiger partial charge in [0.1, 0.15) is 0 Å². The molecule has 1 aliphatic rings. The van der Waals surface area contributed by atoms with E-state index in [-0.39, 0.29) is 19.0 Å². The molecular formula is C13H27ClN2O2. The summed E-state index contributed by atoms with van der Waals surface area (Å²) in [5.74, 6) is 0.0390. The molecule has 1 fully saturated rings. The lowest BCUT2D eigenvalue weighted by Crippen LogP contribution is -2.45. The van der Waals surface area contributed by atoms with E-state index in [1.54, 1.807) is 0 Å². The van der Waals surface area contributed by atoms with E-state index in [2.05, 4.69) is 18.7 Å². The zero-order chi connectivity index (χ0) is 12.8. The summed E-state index contributed by atoms with van der Waals surface area (Å²) in [4.78, 5) is 15.1. The number of halogens is 1. The molecule has 108 valence electrons. The summed E-state index contributed by atoms with van der Waals surface area (Å²) in [5.41, 5.74) is 0. The third-order valence-electron chi connectivity index (χ3n) is 3.59. The predicted molar refractivity (Wildman–Crippen MR) is 76.4 cm³/mol. The fraction of sp³-hybridized carbons (Fsp3) is 0.923. The summed E-state index contributed by atoms with van der Waals surface area (Å²) in [6, 6.07) is 0.446. The van der Waals surface area contributed by atoms with Crippen LogP contribution in [-0.4, -0.2) is 60.1 Å². The van der Waals surface area contributed by atoms with Crippen molar-refractivity contribution in [2.75, 3.05) is 33.2 Å². The summed E-state index contributed by atoms with van der Waals surface area (Å²) in [7, 11) is 1.92. The SMILES string of the molecule is CC(C)CCN1CCC(N(C)CC(=O)O)CC1.Cl. The Morgan fingerprint density at radius 2 is 1.94 bits per heavy atom. The summed E-state index contributed by atoms with van der Waals surface area (Å²) >= 11 is 0. The number of hydrogen-bond acceptors (Lipinski definition) is 3. The van der Waals surface area contributed by atoms with Crippen LogP contribution in [0, 0.1) is 5.92 Å². The quantitative estimate of drug-likeness (QED) is 0.806. The van der Waals surface area contributed by atoms with Crippen LogP contribution in [-0.2, 0) is 4.79 Å². The Bertz CT molecular complexity index is 241. The lowest BCUT2D eigenvalue weighted by atomic mass is 10.0. The van der Waals surface area contributed by atoms with Crippen molar-refractivity contribution < 1.29 is 9.90 Å². The maximum atomic E-state index is 10.6. The number of carboxylic acid groups (broad SMARTS) is 1. The van der Waals surface area contributed by atoms with Gasteiger partial charge in [0.05, 0.1) is 6.54 Å². The van der Waals surface area contributed by atoms with Gasteiger partial charge in [0.2, 0.25) is 0 Å². The highest BCUT2D eigenvalue weighted by atomic mass is 35.5. The Balaban J connectivity index is 0.00000289. The minimum absolute atomic E-state index is 0. The van der Waals surface area contributed by atoms with Gasteiger partial charge in [-0.15, -0.1) is 12.4 Å². The van der Waals surface area contributed by atoms with Gasteiger partial charge in [0.15, 0.2) is 0 Å². The van der Waals surface area contributed by atoms with E-state index < -0.39 is 5.97 Å². The maximum absolute atomic E-state index is 10.6. The average molecular weight is 279 g/mol. The highest BCUT2D eigenvalue weighted by Crippen LogP contribution is 2.16. The van der Waals surface area contributed by atoms with Gasteiger partial charge in [-0.25, -0.2) is 0 Å². The second-order valence-electron chi connectivity index (χ2n) is 5.56. The van der Waals surface area contributed by atoms with E-state index in [0.29, 0.717) is 6.04 Å². The van der Waals surface area contributed by atoms with Gasteiger partial charge in [-0.3, -0.25) is 9.69 Å². The minimum Gasteiger partial charge on any atom is -0.480 e. The van der Waals surface area contributed by atoms with Crippen LogP contribution in [0.4, 0.5) is 0 Å². The first-order valence-corrected chi connectivity index (χ1v) is 6.63. The fourth-order valence-corrected chi connectivity index (χ4v) is 2.37. The van der Waals surface area contributed by atoms with Crippen LogP contribution in [0.25, 0.3) is 0 Å². The molecule has 0 aromatic carbocycles. The Morgan fingerprint density at radius 3 is 2.39 bits per heavy atom. The maximum Gasteiger partial charge on any atom is 0.317 e. The van der Waals surface area contributed by atoms with Crippen LogP contribution >= 0.6 is 12.4 Å². The summed E-state index contributed by atoms with van der Waals surface area (Å²) < 4.78 is 0. The number of likely N-dealkylation sites (N-methyl/N-ethyl adjacent to an activating group) is 1. The highest BCUT2D eigenvalue weighted by molar-refractivity contribution is 5.85. The molecule has 0 radical (unpaired) electrons. The molecule has 0 aromatic rings. The molecule has 1 rings (SSSR count). The Hall–Kier alpha value is -0.320. The third kappa shape index (κ3) is 6.57. The fourth-order valence-electron chi connectivity index (χ4n) is 2.37. The number of rotatable bonds is 6. The normalized spacial score (nSPS) is 18.1. The van der Waals surface area contributed by atoms with Crippen LogP contribution in [0.3, 0.4) is 0 Å². The number of nitrogens with zero attached hydrogens (tertiary/aromatic N) is 2. The molecule has 0 spiro atoms. The third-order valence-corrected chi connectivity index (χ3v) is 3.59. The van der Waals surface area contributed by atoms with Crippen LogP contribution < -0.4 is 0 Å². The van der Waals surface area contributed by atoms with Crippen LogP contribution in [0.15, 0.2) is 0 Å². The molecule has 1 N–H and O–H groups in total. The van der Waals surface area contributed by atoms with Crippen LogP contribution in [0.1, 0.15) is 33.1 Å². The van der Waals surface area contributed by atoms with Crippen LogP contribution in [0.2, 0.25) is 0 Å². The van der Waals surface area contributed by atoms with Gasteiger partial charge >= 0.3 is 5.97 Å². The number of piperidine rings is 1. The van der Waals surface area contributed by atoms with Gasteiger partial charge in [0, 0.05) is 6.04 Å². The monoisotopic (exact) mass is 278 g/mol. The standard InChI is InChI=1S/C13H26N2O2.ClH/c1-11(2)4-7-15-8-5-12(6-9-15)14(3)10-13(16)17;/h11-12H,4-10H2,1-3H3,(H,16,17);1H. The molecule has 0 saturated carbocycles. The highest BCUT2D eigenvalue weighted by Gasteiger charge is 2.23. The first-order valence-electron chi connectivity index (χ1n) is 6.63. The molecule has 1 heterocycles. The van der Waals surface area contributed by atoms with Crippen molar-refractivity contribution in [2.45, 2.75) is 39.2 Å². The van der Waals surface area contributed by atoms with Crippen molar-refractivity contribution in [1.82, 2.24) is 9.80 Å². The van der Waals surface area contributed by atoms with Crippen molar-refractivity contribution in [3.05, 3.63) is 0 Å². The number of likely N-dealkylation sites (tertiary alicyclic amines) is 1. The first kappa shape index (κ1) is 17.7. The number of carbonyl (C=O) groups is 1. The number of aliphatic carboxylic acids is 1. The molecule has 0 bridgehead atoms. The van der Waals surface area contributed by atoms with Gasteiger partial charge < -0.3 is 10.0 Å². The van der Waals surface area contributed by atoms with Crippen molar-refractivity contribution in [1.29, 1.82) is 0 Å². The van der Waals surface area contributed by atoms with E-state index in [0.717, 1.165) is 31.8 Å². The summed E-state index contributed by atoms with van der Waals surface area (Å²) in [5, 5.41) is 8.76. The van der Waals surface area contributed by atoms with Crippen molar-refractivity contribution in [3.63, 3.8) is 0 Å². The first-order chi connectivity index (χ1) is 7.99. The van der Waals surface area contributed by atoms with E-state index >= 15 is 0 Å². The van der Waals surface area contributed by atoms with Crippen LogP contribution in [0.5, 0.6) is 0 Å². The Kier molecular flexibility index (Phi) is 8.57. The number of carboxylic acids is 1. The smallest absolute Gasteiger partial charge is 0.317 e. The molecule has 0 aromatic heterocycles. The predicted octanol–water partition coefficient (Wildman–Crippen LogP) is 1.94. The molecule has 1 saturated heterocycles. The Morgan fingerprint density at radius 1 is 1.39 bits per heavy atom. The second kappa shape index (κ2) is 8.73. The van der Waals surface area contributed by atoms with Gasteiger partial charge in [-0.2, -0.15) is 0 Å². The van der Waals surface area contributed by atoms with E-state index in [1.807, 2.05) is 11.9 Å². The lowest BCUT2D eigenvalue weighted by Gasteiger charge is -2.36.